The van der Waals surface area contributed by atoms with Gasteiger partial charge in [0.25, 0.3) is 0 Å². The minimum absolute atomic E-state index is 0.408. The van der Waals surface area contributed by atoms with Crippen molar-refractivity contribution in [3.63, 3.8) is 0 Å². The van der Waals surface area contributed by atoms with Gasteiger partial charge in [0, 0.05) is 24.8 Å². The molecular weight excluding hydrogens is 189 g/mol. The normalized spacial score (nSPS) is 9.86. The topological polar surface area (TPSA) is 81.2 Å². The standard InChI is InChI=1S/C8H10FN3O2/c9-7-2-1-6(11-4-3-10)5-8(7)12(13)14/h1-2,5,11H,3-4,10H2. The second-order valence-electron chi connectivity index (χ2n) is 2.64. The Labute approximate surface area is 79.9 Å². The van der Waals surface area contributed by atoms with Gasteiger partial charge in [-0.25, -0.2) is 0 Å². The highest BCUT2D eigenvalue weighted by molar-refractivity contribution is 5.51. The van der Waals surface area contributed by atoms with Crippen LogP contribution < -0.4 is 11.1 Å². The van der Waals surface area contributed by atoms with Gasteiger partial charge in [-0.1, -0.05) is 0 Å². The van der Waals surface area contributed by atoms with Crippen LogP contribution in [0, 0.1) is 15.9 Å². The van der Waals surface area contributed by atoms with Gasteiger partial charge in [0.05, 0.1) is 4.92 Å². The van der Waals surface area contributed by atoms with E-state index < -0.39 is 16.4 Å². The lowest BCUT2D eigenvalue weighted by Crippen LogP contribution is -2.13. The molecule has 0 heterocycles. The van der Waals surface area contributed by atoms with Gasteiger partial charge in [-0.15, -0.1) is 0 Å². The van der Waals surface area contributed by atoms with E-state index in [2.05, 4.69) is 5.32 Å². The minimum Gasteiger partial charge on any atom is -0.384 e. The molecule has 0 aliphatic carbocycles. The summed E-state index contributed by atoms with van der Waals surface area (Å²) in [5, 5.41) is 13.2. The van der Waals surface area contributed by atoms with Gasteiger partial charge in [0.2, 0.25) is 5.82 Å². The highest BCUT2D eigenvalue weighted by atomic mass is 19.1. The van der Waals surface area contributed by atoms with Gasteiger partial charge in [-0.2, -0.15) is 4.39 Å². The van der Waals surface area contributed by atoms with Crippen molar-refractivity contribution in [2.75, 3.05) is 18.4 Å². The summed E-state index contributed by atoms with van der Waals surface area (Å²) in [6, 6.07) is 3.62. The number of nitrogens with zero attached hydrogens (tertiary/aromatic N) is 1. The molecule has 6 heteroatoms. The fraction of sp³-hybridized carbons (Fsp3) is 0.250. The number of halogens is 1. The molecule has 0 atom stereocenters. The average molecular weight is 199 g/mol. The first kappa shape index (κ1) is 10.4. The number of anilines is 1. The summed E-state index contributed by atoms with van der Waals surface area (Å²) in [5.41, 5.74) is 5.19. The smallest absolute Gasteiger partial charge is 0.306 e. The van der Waals surface area contributed by atoms with Gasteiger partial charge >= 0.3 is 5.69 Å². The molecule has 0 saturated carbocycles. The number of nitrogens with one attached hydrogen (secondary N) is 1. The molecule has 0 bridgehead atoms. The number of nitrogens with two attached hydrogens (primary N) is 1. The van der Waals surface area contributed by atoms with Crippen LogP contribution in [-0.2, 0) is 0 Å². The summed E-state index contributed by atoms with van der Waals surface area (Å²) < 4.78 is 12.8. The first-order chi connectivity index (χ1) is 6.65. The zero-order valence-corrected chi connectivity index (χ0v) is 7.37. The summed E-state index contributed by atoms with van der Waals surface area (Å²) >= 11 is 0. The van der Waals surface area contributed by atoms with Crippen LogP contribution in [0.1, 0.15) is 0 Å². The lowest BCUT2D eigenvalue weighted by molar-refractivity contribution is -0.387. The summed E-state index contributed by atoms with van der Waals surface area (Å²) in [6.45, 7) is 0.897. The predicted octanol–water partition coefficient (Wildman–Crippen LogP) is 1.10. The number of nitro groups is 1. The molecule has 0 aromatic heterocycles. The maximum atomic E-state index is 12.8. The SMILES string of the molecule is NCCNc1ccc(F)c([N+](=O)[O-])c1. The van der Waals surface area contributed by atoms with E-state index in [0.29, 0.717) is 18.8 Å². The van der Waals surface area contributed by atoms with E-state index in [-0.39, 0.29) is 0 Å². The van der Waals surface area contributed by atoms with Gasteiger partial charge in [-0.3, -0.25) is 10.1 Å². The molecule has 1 rings (SSSR count). The van der Waals surface area contributed by atoms with E-state index in [1.165, 1.54) is 6.07 Å². The molecule has 1 aromatic rings. The average Bonchev–Trinajstić information content (AvgIpc) is 2.16. The van der Waals surface area contributed by atoms with E-state index in [1.54, 1.807) is 0 Å². The Bertz CT molecular complexity index is 343. The fourth-order valence-electron chi connectivity index (χ4n) is 0.979. The van der Waals surface area contributed by atoms with E-state index in [0.717, 1.165) is 12.1 Å². The van der Waals surface area contributed by atoms with Crippen molar-refractivity contribution in [2.24, 2.45) is 5.73 Å². The Morgan fingerprint density at radius 1 is 1.57 bits per heavy atom. The van der Waals surface area contributed by atoms with Gasteiger partial charge in [0.1, 0.15) is 0 Å². The Kier molecular flexibility index (Phi) is 3.35. The molecule has 0 spiro atoms. The largest absolute Gasteiger partial charge is 0.384 e. The predicted molar refractivity (Wildman–Crippen MR) is 50.6 cm³/mol. The molecule has 14 heavy (non-hydrogen) atoms. The Morgan fingerprint density at radius 2 is 2.29 bits per heavy atom. The Hall–Kier alpha value is -1.69. The van der Waals surface area contributed by atoms with Crippen LogP contribution in [0.15, 0.2) is 18.2 Å². The molecule has 3 N–H and O–H groups in total. The van der Waals surface area contributed by atoms with Crippen LogP contribution in [0.4, 0.5) is 15.8 Å². The van der Waals surface area contributed by atoms with Crippen LogP contribution in [0.5, 0.6) is 0 Å². The fourth-order valence-corrected chi connectivity index (χ4v) is 0.979. The highest BCUT2D eigenvalue weighted by Gasteiger charge is 2.13. The van der Waals surface area contributed by atoms with Crippen LogP contribution in [-0.4, -0.2) is 18.0 Å². The second kappa shape index (κ2) is 4.52. The summed E-state index contributed by atoms with van der Waals surface area (Å²) in [6.07, 6.45) is 0. The van der Waals surface area contributed by atoms with Crippen LogP contribution in [0.2, 0.25) is 0 Å². The number of benzene rings is 1. The third kappa shape index (κ3) is 2.40. The van der Waals surface area contributed by atoms with Crippen molar-refractivity contribution in [1.29, 1.82) is 0 Å². The minimum atomic E-state index is -0.840. The molecule has 0 saturated heterocycles. The monoisotopic (exact) mass is 199 g/mol. The van der Waals surface area contributed by atoms with E-state index >= 15 is 0 Å². The lowest BCUT2D eigenvalue weighted by Gasteiger charge is -2.03. The van der Waals surface area contributed by atoms with E-state index in [9.17, 15) is 14.5 Å². The molecule has 0 unspecified atom stereocenters. The molecule has 0 aliphatic rings. The van der Waals surface area contributed by atoms with Crippen LogP contribution in [0.25, 0.3) is 0 Å². The van der Waals surface area contributed by atoms with Crippen molar-refractivity contribution in [3.8, 4) is 0 Å². The lowest BCUT2D eigenvalue weighted by atomic mass is 10.2. The third-order valence-corrected chi connectivity index (χ3v) is 1.62. The maximum Gasteiger partial charge on any atom is 0.306 e. The van der Waals surface area contributed by atoms with Crippen LogP contribution >= 0.6 is 0 Å². The van der Waals surface area contributed by atoms with Crippen LogP contribution in [0.3, 0.4) is 0 Å². The van der Waals surface area contributed by atoms with Crippen molar-refractivity contribution in [1.82, 2.24) is 0 Å². The molecule has 0 aliphatic heterocycles. The summed E-state index contributed by atoms with van der Waals surface area (Å²) in [4.78, 5) is 9.60. The second-order valence-corrected chi connectivity index (χ2v) is 2.64. The zero-order valence-electron chi connectivity index (χ0n) is 7.37. The van der Waals surface area contributed by atoms with Crippen molar-refractivity contribution in [3.05, 3.63) is 34.1 Å². The van der Waals surface area contributed by atoms with Crippen molar-refractivity contribution < 1.29 is 9.31 Å². The van der Waals surface area contributed by atoms with E-state index in [1.807, 2.05) is 0 Å². The van der Waals surface area contributed by atoms with E-state index in [4.69, 9.17) is 5.73 Å². The zero-order chi connectivity index (χ0) is 10.6. The molecule has 5 nitrogen and oxygen atoms in total. The highest BCUT2D eigenvalue weighted by Crippen LogP contribution is 2.21. The molecule has 0 radical (unpaired) electrons. The van der Waals surface area contributed by atoms with Gasteiger partial charge in [0.15, 0.2) is 0 Å². The molecular formula is C8H10FN3O2. The summed E-state index contributed by atoms with van der Waals surface area (Å²) in [7, 11) is 0. The molecule has 0 fully saturated rings. The van der Waals surface area contributed by atoms with Crippen molar-refractivity contribution >= 4 is 11.4 Å². The molecule has 0 amide bonds. The van der Waals surface area contributed by atoms with Gasteiger partial charge in [-0.05, 0) is 12.1 Å². The molecule has 76 valence electrons. The maximum absolute atomic E-state index is 12.8. The Balaban J connectivity index is 2.89. The summed E-state index contributed by atoms with van der Waals surface area (Å²) in [5.74, 6) is -0.840. The first-order valence-electron chi connectivity index (χ1n) is 4.03. The first-order valence-corrected chi connectivity index (χ1v) is 4.03. The molecule has 1 aromatic carbocycles. The number of rotatable bonds is 4. The Morgan fingerprint density at radius 3 is 2.86 bits per heavy atom. The quantitative estimate of drug-likeness (QED) is 0.562. The number of nitro benzene ring substituents is 1. The van der Waals surface area contributed by atoms with Gasteiger partial charge < -0.3 is 11.1 Å². The number of hydrogen-bond acceptors (Lipinski definition) is 4. The third-order valence-electron chi connectivity index (χ3n) is 1.62. The van der Waals surface area contributed by atoms with Crippen molar-refractivity contribution in [2.45, 2.75) is 0 Å². The number of hydrogen-bond donors (Lipinski definition) is 2.